The Kier molecular flexibility index (Phi) is 12.8. The molecule has 0 aliphatic carbocycles. The van der Waals surface area contributed by atoms with Crippen LogP contribution in [0.3, 0.4) is 0 Å². The predicted octanol–water partition coefficient (Wildman–Crippen LogP) is 7.00. The third-order valence-electron chi connectivity index (χ3n) is 6.45. The van der Waals surface area contributed by atoms with E-state index in [0.717, 1.165) is 31.2 Å². The molecule has 0 spiro atoms. The van der Waals surface area contributed by atoms with Gasteiger partial charge in [-0.3, -0.25) is 0 Å². The zero-order chi connectivity index (χ0) is 20.2. The Morgan fingerprint density at radius 3 is 1.77 bits per heavy atom. The topological polar surface area (TPSA) is 18.5 Å². The minimum atomic E-state index is -1.65. The summed E-state index contributed by atoms with van der Waals surface area (Å²) < 4.78 is 13.1. The second-order valence-corrected chi connectivity index (χ2v) is 17.2. The van der Waals surface area contributed by atoms with Crippen molar-refractivity contribution in [3.8, 4) is 12.3 Å². The van der Waals surface area contributed by atoms with Crippen LogP contribution in [0, 0.1) is 18.3 Å². The van der Waals surface area contributed by atoms with Gasteiger partial charge < -0.3 is 8.85 Å². The molecule has 0 radical (unpaired) electrons. The van der Waals surface area contributed by atoms with Gasteiger partial charge in [0.2, 0.25) is 0 Å². The summed E-state index contributed by atoms with van der Waals surface area (Å²) in [5.74, 6) is 3.18. The van der Waals surface area contributed by atoms with E-state index in [2.05, 4.69) is 61.0 Å². The van der Waals surface area contributed by atoms with Gasteiger partial charge in [-0.1, -0.05) is 60.6 Å². The second-order valence-electron chi connectivity index (χ2n) is 7.71. The van der Waals surface area contributed by atoms with E-state index in [9.17, 15) is 0 Å². The number of terminal acetylenes is 1. The van der Waals surface area contributed by atoms with Gasteiger partial charge >= 0.3 is 0 Å². The standard InChI is InChI=1S/C22H44O2Si2/c1-10-17-22(24-26(14-5,15-6)16-7)18-20(8)21(9)19-23-25(11-2,12-3)13-4/h1,21-22H,8,11-19H2,2-7,9H3. The van der Waals surface area contributed by atoms with Gasteiger partial charge in [-0.05, 0) is 48.6 Å². The van der Waals surface area contributed by atoms with Gasteiger partial charge in [0.1, 0.15) is 0 Å². The molecule has 0 fully saturated rings. The molecule has 0 N–H and O–H groups in total. The molecule has 152 valence electrons. The van der Waals surface area contributed by atoms with Crippen LogP contribution in [0.15, 0.2) is 12.2 Å². The molecule has 26 heavy (non-hydrogen) atoms. The second kappa shape index (κ2) is 12.9. The molecule has 0 amide bonds. The molecule has 2 atom stereocenters. The first kappa shape index (κ1) is 25.7. The SMILES string of the molecule is C#CCC(CC(=C)C(C)CO[Si](CC)(CC)CC)O[Si](CC)(CC)CC. The maximum atomic E-state index is 6.66. The highest BCUT2D eigenvalue weighted by molar-refractivity contribution is 6.74. The number of hydrogen-bond donors (Lipinski definition) is 0. The average molecular weight is 397 g/mol. The van der Waals surface area contributed by atoms with Crippen LogP contribution in [0.5, 0.6) is 0 Å². The Morgan fingerprint density at radius 2 is 1.38 bits per heavy atom. The first-order chi connectivity index (χ1) is 12.3. The lowest BCUT2D eigenvalue weighted by molar-refractivity contribution is 0.183. The first-order valence-corrected chi connectivity index (χ1v) is 15.8. The largest absolute Gasteiger partial charge is 0.416 e. The van der Waals surface area contributed by atoms with Gasteiger partial charge in [0.05, 0.1) is 6.10 Å². The van der Waals surface area contributed by atoms with Gasteiger partial charge in [-0.15, -0.1) is 12.3 Å². The predicted molar refractivity (Wildman–Crippen MR) is 122 cm³/mol. The van der Waals surface area contributed by atoms with E-state index in [1.54, 1.807) is 0 Å². The van der Waals surface area contributed by atoms with E-state index in [-0.39, 0.29) is 6.10 Å². The van der Waals surface area contributed by atoms with Gasteiger partial charge in [-0.2, -0.15) is 0 Å². The fourth-order valence-electron chi connectivity index (χ4n) is 3.61. The highest BCUT2D eigenvalue weighted by Gasteiger charge is 2.33. The van der Waals surface area contributed by atoms with Crippen LogP contribution in [0.2, 0.25) is 36.3 Å². The number of rotatable bonds is 15. The third-order valence-corrected chi connectivity index (χ3v) is 15.8. The Morgan fingerprint density at radius 1 is 0.923 bits per heavy atom. The molecular formula is C22H44O2Si2. The monoisotopic (exact) mass is 396 g/mol. The summed E-state index contributed by atoms with van der Waals surface area (Å²) in [5.41, 5.74) is 1.22. The highest BCUT2D eigenvalue weighted by atomic mass is 28.4. The van der Waals surface area contributed by atoms with Crippen LogP contribution in [0.1, 0.15) is 61.3 Å². The Balaban J connectivity index is 4.87. The molecule has 0 aromatic heterocycles. The molecule has 0 saturated heterocycles. The van der Waals surface area contributed by atoms with Crippen LogP contribution < -0.4 is 0 Å². The summed E-state index contributed by atoms with van der Waals surface area (Å²) in [7, 11) is -3.18. The van der Waals surface area contributed by atoms with E-state index in [1.807, 2.05) is 0 Å². The number of hydrogen-bond acceptors (Lipinski definition) is 2. The average Bonchev–Trinajstić information content (AvgIpc) is 2.67. The third kappa shape index (κ3) is 7.72. The van der Waals surface area contributed by atoms with Crippen molar-refractivity contribution in [1.82, 2.24) is 0 Å². The van der Waals surface area contributed by atoms with Crippen LogP contribution >= 0.6 is 0 Å². The maximum Gasteiger partial charge on any atom is 0.192 e. The lowest BCUT2D eigenvalue weighted by Gasteiger charge is -2.34. The molecule has 0 heterocycles. The molecule has 0 aliphatic rings. The van der Waals surface area contributed by atoms with Crippen molar-refractivity contribution in [2.24, 2.45) is 5.92 Å². The Hall–Kier alpha value is -0.346. The molecule has 0 bridgehead atoms. The van der Waals surface area contributed by atoms with E-state index in [1.165, 1.54) is 23.7 Å². The van der Waals surface area contributed by atoms with Crippen molar-refractivity contribution in [2.45, 2.75) is 104 Å². The van der Waals surface area contributed by atoms with Crippen molar-refractivity contribution in [3.05, 3.63) is 12.2 Å². The summed E-state index contributed by atoms with van der Waals surface area (Å²) in [6, 6.07) is 7.05. The van der Waals surface area contributed by atoms with Gasteiger partial charge in [0.25, 0.3) is 0 Å². The van der Waals surface area contributed by atoms with Crippen LogP contribution in [0.25, 0.3) is 0 Å². The van der Waals surface area contributed by atoms with Crippen molar-refractivity contribution in [3.63, 3.8) is 0 Å². The molecular weight excluding hydrogens is 352 g/mol. The molecule has 0 saturated carbocycles. The normalized spacial score (nSPS) is 14.7. The van der Waals surface area contributed by atoms with Gasteiger partial charge in [0.15, 0.2) is 16.6 Å². The van der Waals surface area contributed by atoms with E-state index >= 15 is 0 Å². The lowest BCUT2D eigenvalue weighted by Crippen LogP contribution is -2.40. The molecule has 0 aliphatic heterocycles. The van der Waals surface area contributed by atoms with Crippen molar-refractivity contribution in [1.29, 1.82) is 0 Å². The summed E-state index contributed by atoms with van der Waals surface area (Å²) in [6.45, 7) is 21.0. The smallest absolute Gasteiger partial charge is 0.192 e. The summed E-state index contributed by atoms with van der Waals surface area (Å²) in [6.07, 6.45) is 7.29. The van der Waals surface area contributed by atoms with E-state index < -0.39 is 16.6 Å². The Bertz CT molecular complexity index is 417. The quantitative estimate of drug-likeness (QED) is 0.168. The van der Waals surface area contributed by atoms with Gasteiger partial charge in [0, 0.05) is 13.0 Å². The molecule has 2 unspecified atom stereocenters. The van der Waals surface area contributed by atoms with Crippen LogP contribution in [0.4, 0.5) is 0 Å². The minimum Gasteiger partial charge on any atom is -0.416 e. The lowest BCUT2D eigenvalue weighted by atomic mass is 9.97. The van der Waals surface area contributed by atoms with Crippen molar-refractivity contribution in [2.75, 3.05) is 6.61 Å². The molecule has 0 rings (SSSR count). The van der Waals surface area contributed by atoms with Gasteiger partial charge in [-0.25, -0.2) is 0 Å². The van der Waals surface area contributed by atoms with Crippen molar-refractivity contribution < 1.29 is 8.85 Å². The molecule has 0 aromatic rings. The summed E-state index contributed by atoms with van der Waals surface area (Å²) >= 11 is 0. The molecule has 0 aromatic carbocycles. The molecule has 4 heteroatoms. The highest BCUT2D eigenvalue weighted by Crippen LogP contribution is 2.29. The van der Waals surface area contributed by atoms with E-state index in [0.29, 0.717) is 12.3 Å². The summed E-state index contributed by atoms with van der Waals surface area (Å²) in [4.78, 5) is 0. The minimum absolute atomic E-state index is 0.118. The Labute approximate surface area is 166 Å². The first-order valence-electron chi connectivity index (χ1n) is 10.7. The fraction of sp³-hybridized carbons (Fsp3) is 0.818. The van der Waals surface area contributed by atoms with Crippen LogP contribution in [-0.2, 0) is 8.85 Å². The maximum absolute atomic E-state index is 6.66. The zero-order valence-electron chi connectivity index (χ0n) is 18.6. The zero-order valence-corrected chi connectivity index (χ0v) is 20.6. The van der Waals surface area contributed by atoms with Crippen molar-refractivity contribution >= 4 is 16.6 Å². The summed E-state index contributed by atoms with van der Waals surface area (Å²) in [5, 5.41) is 0. The van der Waals surface area contributed by atoms with E-state index in [4.69, 9.17) is 15.3 Å². The molecule has 2 nitrogen and oxygen atoms in total. The fourth-order valence-corrected chi connectivity index (χ4v) is 9.20. The van der Waals surface area contributed by atoms with Crippen LogP contribution in [-0.4, -0.2) is 29.3 Å².